The van der Waals surface area contributed by atoms with Crippen molar-refractivity contribution in [3.63, 3.8) is 0 Å². The number of thiophene rings is 1. The lowest BCUT2D eigenvalue weighted by atomic mass is 10.2. The van der Waals surface area contributed by atoms with Crippen LogP contribution in [0, 0.1) is 13.8 Å². The summed E-state index contributed by atoms with van der Waals surface area (Å²) in [7, 11) is 0. The minimum Gasteiger partial charge on any atom is -0.338 e. The Kier molecular flexibility index (Phi) is 6.44. The average molecular weight is 423 g/mol. The second-order valence-corrected chi connectivity index (χ2v) is 9.59. The number of nitrogens with one attached hydrogen (secondary N) is 2. The van der Waals surface area contributed by atoms with E-state index in [1.165, 1.54) is 23.1 Å². The van der Waals surface area contributed by atoms with Gasteiger partial charge in [0.05, 0.1) is 10.6 Å². The highest BCUT2D eigenvalue weighted by Crippen LogP contribution is 2.35. The number of thioether (sulfide) groups is 1. The monoisotopic (exact) mass is 422 g/mol. The van der Waals surface area contributed by atoms with E-state index in [1.54, 1.807) is 18.4 Å². The number of imide groups is 1. The molecule has 1 atom stereocenters. The SMILES string of the molecule is CCNC(=O)NC(=O)[C@@H](C)Sc1nc2sc(C)c(C)c2c(=O)n1C1CCCC1. The van der Waals surface area contributed by atoms with Crippen LogP contribution in [-0.4, -0.2) is 33.3 Å². The first-order chi connectivity index (χ1) is 13.3. The van der Waals surface area contributed by atoms with Crippen molar-refractivity contribution < 1.29 is 9.59 Å². The van der Waals surface area contributed by atoms with E-state index in [4.69, 9.17) is 4.98 Å². The van der Waals surface area contributed by atoms with Gasteiger partial charge in [0.25, 0.3) is 5.56 Å². The van der Waals surface area contributed by atoms with Crippen molar-refractivity contribution in [1.82, 2.24) is 20.2 Å². The highest BCUT2D eigenvalue weighted by Gasteiger charge is 2.27. The van der Waals surface area contributed by atoms with E-state index >= 15 is 0 Å². The molecule has 1 aliphatic carbocycles. The van der Waals surface area contributed by atoms with Crippen molar-refractivity contribution in [3.05, 3.63) is 20.8 Å². The quantitative estimate of drug-likeness (QED) is 0.568. The predicted octanol–water partition coefficient (Wildman–Crippen LogP) is 3.52. The number of urea groups is 1. The van der Waals surface area contributed by atoms with Crippen LogP contribution in [0.25, 0.3) is 10.2 Å². The molecule has 28 heavy (non-hydrogen) atoms. The Morgan fingerprint density at radius 3 is 2.64 bits per heavy atom. The summed E-state index contributed by atoms with van der Waals surface area (Å²) in [5.74, 6) is -0.401. The fourth-order valence-corrected chi connectivity index (χ4v) is 5.53. The second kappa shape index (κ2) is 8.65. The number of hydrogen-bond donors (Lipinski definition) is 2. The van der Waals surface area contributed by atoms with Crippen molar-refractivity contribution in [1.29, 1.82) is 0 Å². The van der Waals surface area contributed by atoms with Crippen LogP contribution in [0.3, 0.4) is 0 Å². The third kappa shape index (κ3) is 4.10. The molecule has 0 bridgehead atoms. The van der Waals surface area contributed by atoms with Gasteiger partial charge in [-0.1, -0.05) is 24.6 Å². The van der Waals surface area contributed by atoms with Gasteiger partial charge in [-0.3, -0.25) is 19.5 Å². The van der Waals surface area contributed by atoms with Gasteiger partial charge in [0, 0.05) is 17.5 Å². The van der Waals surface area contributed by atoms with Crippen LogP contribution in [-0.2, 0) is 4.79 Å². The number of nitrogens with zero attached hydrogens (tertiary/aromatic N) is 2. The minimum absolute atomic E-state index is 0.0161. The molecule has 2 aromatic heterocycles. The van der Waals surface area contributed by atoms with Gasteiger partial charge in [-0.15, -0.1) is 11.3 Å². The van der Waals surface area contributed by atoms with E-state index < -0.39 is 17.2 Å². The van der Waals surface area contributed by atoms with Gasteiger partial charge in [-0.05, 0) is 46.1 Å². The summed E-state index contributed by atoms with van der Waals surface area (Å²) in [6.45, 7) is 7.91. The normalized spacial score (nSPS) is 15.7. The van der Waals surface area contributed by atoms with Gasteiger partial charge in [-0.25, -0.2) is 9.78 Å². The molecule has 0 unspecified atom stereocenters. The predicted molar refractivity (Wildman–Crippen MR) is 113 cm³/mol. The zero-order valence-electron chi connectivity index (χ0n) is 16.6. The molecule has 0 spiro atoms. The molecule has 1 aliphatic rings. The first kappa shape index (κ1) is 20.9. The number of carbonyl (C=O) groups excluding carboxylic acids is 2. The summed E-state index contributed by atoms with van der Waals surface area (Å²) in [5, 5.41) is 5.58. The topological polar surface area (TPSA) is 93.1 Å². The van der Waals surface area contributed by atoms with Gasteiger partial charge >= 0.3 is 6.03 Å². The molecule has 1 fully saturated rings. The maximum atomic E-state index is 13.3. The molecule has 0 radical (unpaired) electrons. The first-order valence-electron chi connectivity index (χ1n) is 9.61. The summed E-state index contributed by atoms with van der Waals surface area (Å²) in [6.07, 6.45) is 4.08. The Hall–Kier alpha value is -1.87. The fourth-order valence-electron chi connectivity index (χ4n) is 3.49. The third-order valence-corrected chi connectivity index (χ3v) is 7.29. The molecule has 152 valence electrons. The lowest BCUT2D eigenvalue weighted by Crippen LogP contribution is -2.42. The fraction of sp³-hybridized carbons (Fsp3) is 0.579. The van der Waals surface area contributed by atoms with Crippen LogP contribution in [0.5, 0.6) is 0 Å². The molecule has 1 saturated carbocycles. The molecule has 3 rings (SSSR count). The highest BCUT2D eigenvalue weighted by molar-refractivity contribution is 8.00. The zero-order chi connectivity index (χ0) is 20.4. The second-order valence-electron chi connectivity index (χ2n) is 7.08. The van der Waals surface area contributed by atoms with Crippen molar-refractivity contribution >= 4 is 45.3 Å². The number of hydrogen-bond acceptors (Lipinski definition) is 6. The number of aryl methyl sites for hydroxylation is 2. The van der Waals surface area contributed by atoms with Crippen molar-refractivity contribution in [2.45, 2.75) is 69.8 Å². The Balaban J connectivity index is 1.97. The van der Waals surface area contributed by atoms with Gasteiger partial charge in [0.15, 0.2) is 5.16 Å². The van der Waals surface area contributed by atoms with Crippen LogP contribution in [0.1, 0.15) is 56.0 Å². The smallest absolute Gasteiger partial charge is 0.321 e. The first-order valence-corrected chi connectivity index (χ1v) is 11.3. The van der Waals surface area contributed by atoms with Crippen molar-refractivity contribution in [2.24, 2.45) is 0 Å². The molecule has 3 amide bonds. The van der Waals surface area contributed by atoms with Gasteiger partial charge < -0.3 is 5.32 Å². The number of amides is 3. The van der Waals surface area contributed by atoms with E-state index in [1.807, 2.05) is 13.8 Å². The van der Waals surface area contributed by atoms with Gasteiger partial charge in [0.2, 0.25) is 5.91 Å². The van der Waals surface area contributed by atoms with Crippen LogP contribution < -0.4 is 16.2 Å². The molecule has 2 N–H and O–H groups in total. The molecule has 2 heterocycles. The Bertz CT molecular complexity index is 960. The number of fused-ring (bicyclic) bond motifs is 1. The summed E-state index contributed by atoms with van der Waals surface area (Å²) >= 11 is 2.74. The van der Waals surface area contributed by atoms with Crippen molar-refractivity contribution in [3.8, 4) is 0 Å². The third-order valence-electron chi connectivity index (χ3n) is 5.12. The van der Waals surface area contributed by atoms with Crippen LogP contribution in [0.15, 0.2) is 9.95 Å². The molecule has 7 nitrogen and oxygen atoms in total. The molecule has 0 aromatic carbocycles. The average Bonchev–Trinajstić information content (AvgIpc) is 3.24. The summed E-state index contributed by atoms with van der Waals surface area (Å²) in [6, 6.07) is -0.397. The van der Waals surface area contributed by atoms with Gasteiger partial charge in [-0.2, -0.15) is 0 Å². The lowest BCUT2D eigenvalue weighted by Gasteiger charge is -2.19. The van der Waals surface area contributed by atoms with Crippen LogP contribution in [0.2, 0.25) is 0 Å². The van der Waals surface area contributed by atoms with Crippen LogP contribution >= 0.6 is 23.1 Å². The largest absolute Gasteiger partial charge is 0.338 e. The van der Waals surface area contributed by atoms with E-state index in [9.17, 15) is 14.4 Å². The van der Waals surface area contributed by atoms with E-state index in [0.29, 0.717) is 21.9 Å². The van der Waals surface area contributed by atoms with Gasteiger partial charge in [0.1, 0.15) is 4.83 Å². The Morgan fingerprint density at radius 2 is 2.00 bits per heavy atom. The van der Waals surface area contributed by atoms with E-state index in [-0.39, 0.29) is 11.6 Å². The standard InChI is InChI=1S/C19H26N4O3S2/c1-5-20-18(26)21-15(24)12(4)28-19-22-16-14(10(2)11(3)27-16)17(25)23(19)13-8-6-7-9-13/h12-13H,5-9H2,1-4H3,(H2,20,21,24,26)/t12-/m1/s1. The molecular formula is C19H26N4O3S2. The van der Waals surface area contributed by atoms with Crippen LogP contribution in [0.4, 0.5) is 4.79 Å². The maximum Gasteiger partial charge on any atom is 0.321 e. The minimum atomic E-state index is -0.554. The Labute approximate surface area is 172 Å². The molecule has 0 aliphatic heterocycles. The maximum absolute atomic E-state index is 13.3. The van der Waals surface area contributed by atoms with E-state index in [0.717, 1.165) is 36.1 Å². The summed E-state index contributed by atoms with van der Waals surface area (Å²) < 4.78 is 1.79. The number of rotatable bonds is 5. The number of aromatic nitrogens is 2. The lowest BCUT2D eigenvalue weighted by molar-refractivity contribution is -0.119. The van der Waals surface area contributed by atoms with E-state index in [2.05, 4.69) is 10.6 Å². The molecule has 2 aromatic rings. The zero-order valence-corrected chi connectivity index (χ0v) is 18.3. The Morgan fingerprint density at radius 1 is 1.32 bits per heavy atom. The molecule has 9 heteroatoms. The molecular weight excluding hydrogens is 396 g/mol. The highest BCUT2D eigenvalue weighted by atomic mass is 32.2. The number of carbonyl (C=O) groups is 2. The summed E-state index contributed by atoms with van der Waals surface area (Å²) in [5.41, 5.74) is 0.973. The van der Waals surface area contributed by atoms with Crippen molar-refractivity contribution in [2.75, 3.05) is 6.54 Å². The summed E-state index contributed by atoms with van der Waals surface area (Å²) in [4.78, 5) is 43.9. The molecule has 0 saturated heterocycles.